The number of imide groups is 1. The average molecular weight is 450 g/mol. The Hall–Kier alpha value is -4.01. The number of hydrogen-bond donors (Lipinski definition) is 2. The minimum atomic E-state index is -0.740. The Bertz CT molecular complexity index is 1220. The molecule has 0 spiro atoms. The van der Waals surface area contributed by atoms with Gasteiger partial charge in [-0.25, -0.2) is 4.79 Å². The van der Waals surface area contributed by atoms with Crippen molar-refractivity contribution in [1.82, 2.24) is 14.8 Å². The van der Waals surface area contributed by atoms with Gasteiger partial charge >= 0.3 is 6.03 Å². The van der Waals surface area contributed by atoms with Crippen molar-refractivity contribution in [3.63, 3.8) is 0 Å². The number of urea groups is 1. The van der Waals surface area contributed by atoms with Gasteiger partial charge in [0.05, 0.1) is 26.5 Å². The number of nitrogens with zero attached hydrogens (tertiary/aromatic N) is 2. The van der Waals surface area contributed by atoms with Gasteiger partial charge in [0, 0.05) is 30.6 Å². The van der Waals surface area contributed by atoms with Crippen molar-refractivity contribution in [1.29, 1.82) is 0 Å². The van der Waals surface area contributed by atoms with Gasteiger partial charge in [0.25, 0.3) is 5.91 Å². The molecule has 1 aliphatic rings. The Morgan fingerprint density at radius 2 is 1.88 bits per heavy atom. The average Bonchev–Trinajstić information content (AvgIpc) is 3.32. The monoisotopic (exact) mass is 450 g/mol. The molecule has 4 amide bonds. The molecule has 4 rings (SSSR count). The molecule has 0 radical (unpaired) electrons. The van der Waals surface area contributed by atoms with Crippen LogP contribution in [0.5, 0.6) is 11.5 Å². The molecule has 0 saturated carbocycles. The van der Waals surface area contributed by atoms with Crippen LogP contribution in [0.3, 0.4) is 0 Å². The highest BCUT2D eigenvalue weighted by Gasteiger charge is 2.37. The van der Waals surface area contributed by atoms with Gasteiger partial charge in [-0.15, -0.1) is 0 Å². The van der Waals surface area contributed by atoms with Crippen LogP contribution in [-0.2, 0) is 23.2 Å². The fourth-order valence-electron chi connectivity index (χ4n) is 3.98. The summed E-state index contributed by atoms with van der Waals surface area (Å²) in [6, 6.07) is 11.6. The van der Waals surface area contributed by atoms with Crippen LogP contribution in [0.4, 0.5) is 10.5 Å². The summed E-state index contributed by atoms with van der Waals surface area (Å²) in [7, 11) is 5.00. The molecule has 33 heavy (non-hydrogen) atoms. The zero-order chi connectivity index (χ0) is 23.5. The summed E-state index contributed by atoms with van der Waals surface area (Å²) in [4.78, 5) is 38.9. The van der Waals surface area contributed by atoms with Gasteiger partial charge < -0.3 is 24.7 Å². The highest BCUT2D eigenvalue weighted by atomic mass is 16.5. The molecule has 1 fully saturated rings. The van der Waals surface area contributed by atoms with E-state index in [0.717, 1.165) is 27.1 Å². The quantitative estimate of drug-likeness (QED) is 0.514. The molecule has 1 aromatic heterocycles. The first kappa shape index (κ1) is 22.2. The largest absolute Gasteiger partial charge is 0.493 e. The minimum Gasteiger partial charge on any atom is -0.493 e. The van der Waals surface area contributed by atoms with Gasteiger partial charge in [0.2, 0.25) is 5.91 Å². The van der Waals surface area contributed by atoms with Crippen molar-refractivity contribution < 1.29 is 23.9 Å². The fourth-order valence-corrected chi connectivity index (χ4v) is 3.98. The molecule has 2 N–H and O–H groups in total. The van der Waals surface area contributed by atoms with Crippen molar-refractivity contribution in [2.75, 3.05) is 19.5 Å². The molecule has 1 saturated heterocycles. The molecule has 172 valence electrons. The van der Waals surface area contributed by atoms with Crippen LogP contribution in [0.1, 0.15) is 18.4 Å². The first-order chi connectivity index (χ1) is 15.9. The Morgan fingerprint density at radius 1 is 1.09 bits per heavy atom. The molecule has 9 heteroatoms. The first-order valence-corrected chi connectivity index (χ1v) is 10.6. The van der Waals surface area contributed by atoms with Gasteiger partial charge in [-0.05, 0) is 42.3 Å². The van der Waals surface area contributed by atoms with Crippen LogP contribution in [-0.4, -0.2) is 47.6 Å². The van der Waals surface area contributed by atoms with E-state index in [0.29, 0.717) is 11.5 Å². The lowest BCUT2D eigenvalue weighted by Crippen LogP contribution is -2.31. The number of aromatic nitrogens is 1. The third kappa shape index (κ3) is 4.48. The number of hydrogen-bond acceptors (Lipinski definition) is 5. The lowest BCUT2D eigenvalue weighted by Gasteiger charge is -2.15. The van der Waals surface area contributed by atoms with E-state index < -0.39 is 12.1 Å². The minimum absolute atomic E-state index is 0.101. The van der Waals surface area contributed by atoms with Crippen molar-refractivity contribution in [2.45, 2.75) is 25.4 Å². The number of amides is 4. The Balaban J connectivity index is 1.36. The zero-order valence-electron chi connectivity index (χ0n) is 18.8. The summed E-state index contributed by atoms with van der Waals surface area (Å²) in [5.74, 6) is 0.511. The van der Waals surface area contributed by atoms with Crippen LogP contribution in [0.2, 0.25) is 0 Å². The molecule has 0 bridgehead atoms. The van der Waals surface area contributed by atoms with E-state index in [9.17, 15) is 14.4 Å². The fraction of sp³-hybridized carbons (Fsp3) is 0.292. The number of benzene rings is 2. The second-order valence-corrected chi connectivity index (χ2v) is 7.87. The van der Waals surface area contributed by atoms with Crippen LogP contribution in [0, 0.1) is 0 Å². The predicted octanol–water partition coefficient (Wildman–Crippen LogP) is 3.03. The van der Waals surface area contributed by atoms with E-state index in [2.05, 4.69) is 10.6 Å². The van der Waals surface area contributed by atoms with E-state index in [4.69, 9.17) is 9.47 Å². The number of nitrogens with one attached hydrogen (secondary N) is 2. The Morgan fingerprint density at radius 3 is 2.64 bits per heavy atom. The van der Waals surface area contributed by atoms with Gasteiger partial charge in [0.1, 0.15) is 6.04 Å². The molecule has 1 atom stereocenters. The lowest BCUT2D eigenvalue weighted by atomic mass is 10.1. The van der Waals surface area contributed by atoms with Crippen molar-refractivity contribution in [3.05, 3.63) is 54.2 Å². The number of rotatable bonds is 8. The number of methoxy groups -OCH3 is 2. The van der Waals surface area contributed by atoms with Crippen molar-refractivity contribution >= 4 is 34.4 Å². The highest BCUT2D eigenvalue weighted by Crippen LogP contribution is 2.29. The SMILES string of the molecule is COc1ccc(CN2C(=O)N[C@@H](CCC(=O)Nc3cccc4c3ccn4C)C2=O)cc1OC. The smallest absolute Gasteiger partial charge is 0.325 e. The number of ether oxygens (including phenoxy) is 2. The van der Waals surface area contributed by atoms with Gasteiger partial charge in [-0.3, -0.25) is 14.5 Å². The number of aryl methyl sites for hydroxylation is 1. The molecule has 2 heterocycles. The molecular weight excluding hydrogens is 424 g/mol. The number of fused-ring (bicyclic) bond motifs is 1. The molecule has 1 aliphatic heterocycles. The second-order valence-electron chi connectivity index (χ2n) is 7.87. The standard InChI is InChI=1S/C24H26N4O5/c1-27-12-11-16-17(5-4-6-19(16)27)25-22(29)10-8-18-23(30)28(24(31)26-18)14-15-7-9-20(32-2)21(13-15)33-3/h4-7,9,11-13,18H,8,10,14H2,1-3H3,(H,25,29)(H,26,31)/t18-/m0/s1. The normalized spacial score (nSPS) is 15.6. The lowest BCUT2D eigenvalue weighted by molar-refractivity contribution is -0.128. The van der Waals surface area contributed by atoms with Gasteiger partial charge in [-0.1, -0.05) is 12.1 Å². The van der Waals surface area contributed by atoms with Crippen LogP contribution < -0.4 is 20.1 Å². The van der Waals surface area contributed by atoms with Crippen molar-refractivity contribution in [3.8, 4) is 11.5 Å². The number of carbonyl (C=O) groups excluding carboxylic acids is 3. The van der Waals surface area contributed by atoms with E-state index in [-0.39, 0.29) is 31.2 Å². The third-order valence-electron chi connectivity index (χ3n) is 5.76. The molecule has 0 aliphatic carbocycles. The van der Waals surface area contributed by atoms with Crippen LogP contribution >= 0.6 is 0 Å². The maximum absolute atomic E-state index is 12.8. The van der Waals surface area contributed by atoms with Crippen LogP contribution in [0.15, 0.2) is 48.7 Å². The second kappa shape index (κ2) is 9.23. The summed E-state index contributed by atoms with van der Waals surface area (Å²) in [5.41, 5.74) is 2.46. The number of carbonyl (C=O) groups is 3. The number of anilines is 1. The molecular formula is C24H26N4O5. The van der Waals surface area contributed by atoms with Gasteiger partial charge in [-0.2, -0.15) is 0 Å². The molecule has 2 aromatic carbocycles. The van der Waals surface area contributed by atoms with Crippen molar-refractivity contribution in [2.24, 2.45) is 7.05 Å². The van der Waals surface area contributed by atoms with E-state index in [1.165, 1.54) is 14.2 Å². The summed E-state index contributed by atoms with van der Waals surface area (Å²) in [5, 5.41) is 6.53. The van der Waals surface area contributed by atoms with Gasteiger partial charge in [0.15, 0.2) is 11.5 Å². The molecule has 0 unspecified atom stereocenters. The summed E-state index contributed by atoms with van der Waals surface area (Å²) < 4.78 is 12.5. The Kier molecular flexibility index (Phi) is 6.21. The summed E-state index contributed by atoms with van der Waals surface area (Å²) in [6.07, 6.45) is 2.24. The maximum atomic E-state index is 12.8. The summed E-state index contributed by atoms with van der Waals surface area (Å²) >= 11 is 0. The zero-order valence-corrected chi connectivity index (χ0v) is 18.8. The highest BCUT2D eigenvalue weighted by molar-refractivity contribution is 6.05. The predicted molar refractivity (Wildman–Crippen MR) is 123 cm³/mol. The third-order valence-corrected chi connectivity index (χ3v) is 5.76. The van der Waals surface area contributed by atoms with Crippen LogP contribution in [0.25, 0.3) is 10.9 Å². The van der Waals surface area contributed by atoms with E-state index in [1.807, 2.05) is 42.1 Å². The topological polar surface area (TPSA) is 102 Å². The molecule has 3 aromatic rings. The van der Waals surface area contributed by atoms with E-state index >= 15 is 0 Å². The summed E-state index contributed by atoms with van der Waals surface area (Å²) in [6.45, 7) is 0.101. The molecule has 9 nitrogen and oxygen atoms in total. The Labute approximate surface area is 191 Å². The first-order valence-electron chi connectivity index (χ1n) is 10.6. The maximum Gasteiger partial charge on any atom is 0.325 e. The van der Waals surface area contributed by atoms with E-state index in [1.54, 1.807) is 18.2 Å².